The molecule has 6 nitrogen and oxygen atoms in total. The average Bonchev–Trinajstić information content (AvgIpc) is 3.19. The van der Waals surface area contributed by atoms with Crippen LogP contribution in [0.1, 0.15) is 44.7 Å². The lowest BCUT2D eigenvalue weighted by Crippen LogP contribution is -2.56. The van der Waals surface area contributed by atoms with E-state index in [1.807, 2.05) is 20.8 Å². The van der Waals surface area contributed by atoms with E-state index < -0.39 is 28.8 Å². The molecule has 2 unspecified atom stereocenters. The van der Waals surface area contributed by atoms with Gasteiger partial charge < -0.3 is 10.1 Å². The highest BCUT2D eigenvalue weighted by Crippen LogP contribution is 2.56. The Morgan fingerprint density at radius 3 is 2.55 bits per heavy atom. The van der Waals surface area contributed by atoms with Crippen LogP contribution in [-0.4, -0.2) is 34.7 Å². The molecule has 2 aromatic carbocycles. The van der Waals surface area contributed by atoms with Crippen molar-refractivity contribution < 1.29 is 18.7 Å². The zero-order valence-corrected chi connectivity index (χ0v) is 18.5. The van der Waals surface area contributed by atoms with Gasteiger partial charge in [-0.2, -0.15) is 5.10 Å². The van der Waals surface area contributed by atoms with Gasteiger partial charge in [0.2, 0.25) is 0 Å². The number of hydrogen-bond acceptors (Lipinski definition) is 5. The molecule has 0 radical (unpaired) electrons. The Hall–Kier alpha value is -2.93. The van der Waals surface area contributed by atoms with Gasteiger partial charge in [-0.15, -0.1) is 0 Å². The number of nitrogens with one attached hydrogen (secondary N) is 1. The smallest absolute Gasteiger partial charge is 0.355 e. The van der Waals surface area contributed by atoms with Gasteiger partial charge in [0, 0.05) is 16.3 Å². The minimum absolute atomic E-state index is 0.0985. The molecular formula is C23H23ClFN3O3. The molecule has 162 valence electrons. The van der Waals surface area contributed by atoms with Crippen molar-refractivity contribution in [3.63, 3.8) is 0 Å². The zero-order chi connectivity index (χ0) is 22.6. The molecule has 2 aromatic rings. The Morgan fingerprint density at radius 2 is 1.94 bits per heavy atom. The normalized spacial score (nSPS) is 22.4. The zero-order valence-electron chi connectivity index (χ0n) is 17.7. The molecule has 0 saturated heterocycles. The summed E-state index contributed by atoms with van der Waals surface area (Å²) in [6.45, 7) is 7.60. The fourth-order valence-electron chi connectivity index (χ4n) is 4.45. The molecule has 0 aromatic heterocycles. The molecule has 2 aliphatic heterocycles. The highest BCUT2D eigenvalue weighted by atomic mass is 35.5. The first-order chi connectivity index (χ1) is 14.6. The van der Waals surface area contributed by atoms with Crippen molar-refractivity contribution >= 4 is 34.9 Å². The number of hydrogen-bond donors (Lipinski definition) is 1. The number of rotatable bonds is 3. The summed E-state index contributed by atoms with van der Waals surface area (Å²) in [6.07, 6.45) is 0. The van der Waals surface area contributed by atoms with Gasteiger partial charge in [-0.25, -0.2) is 9.18 Å². The first kappa shape index (κ1) is 21.3. The Morgan fingerprint density at radius 1 is 1.26 bits per heavy atom. The number of carbonyl (C=O) groups is 2. The first-order valence-corrected chi connectivity index (χ1v) is 10.4. The van der Waals surface area contributed by atoms with E-state index in [4.69, 9.17) is 16.3 Å². The molecule has 2 atom stereocenters. The quantitative estimate of drug-likeness (QED) is 0.712. The SMILES string of the molecule is CCOC(=O)C1=NN(C(C)(C)C)C2(C(=O)Nc3cc(Cl)ccc32)C1c1ccc(F)cc1. The van der Waals surface area contributed by atoms with Gasteiger partial charge in [-0.3, -0.25) is 9.80 Å². The molecule has 4 rings (SSSR count). The second-order valence-electron chi connectivity index (χ2n) is 8.58. The molecule has 8 heteroatoms. The summed E-state index contributed by atoms with van der Waals surface area (Å²) in [6, 6.07) is 10.9. The van der Waals surface area contributed by atoms with Crippen LogP contribution >= 0.6 is 11.6 Å². The standard InChI is InChI=1S/C23H23ClFN3O3/c1-5-31-20(29)19-18(13-6-9-15(25)10-7-13)23(28(27-19)22(2,3)4)16-11-8-14(24)12-17(16)26-21(23)30/h6-12,18H,5H2,1-4H3,(H,26,30). The third-order valence-corrected chi connectivity index (χ3v) is 5.78. The molecule has 1 N–H and O–H groups in total. The minimum Gasteiger partial charge on any atom is -0.461 e. The number of halogens is 2. The summed E-state index contributed by atoms with van der Waals surface area (Å²) in [5.41, 5.74) is -0.115. The number of ether oxygens (including phenoxy) is 1. The first-order valence-electron chi connectivity index (χ1n) is 10.0. The molecule has 1 spiro atoms. The monoisotopic (exact) mass is 443 g/mol. The van der Waals surface area contributed by atoms with Crippen molar-refractivity contribution in [1.29, 1.82) is 0 Å². The summed E-state index contributed by atoms with van der Waals surface area (Å²) in [5.74, 6) is -2.18. The van der Waals surface area contributed by atoms with Crippen LogP contribution in [0, 0.1) is 5.82 Å². The van der Waals surface area contributed by atoms with Crippen LogP contribution in [0.15, 0.2) is 47.6 Å². The van der Waals surface area contributed by atoms with Crippen molar-refractivity contribution in [2.24, 2.45) is 5.10 Å². The van der Waals surface area contributed by atoms with Crippen molar-refractivity contribution in [2.75, 3.05) is 11.9 Å². The van der Waals surface area contributed by atoms with Crippen LogP contribution in [0.25, 0.3) is 0 Å². The summed E-state index contributed by atoms with van der Waals surface area (Å²) in [4.78, 5) is 26.7. The number of hydrazone groups is 1. The van der Waals surface area contributed by atoms with Gasteiger partial charge >= 0.3 is 5.97 Å². The van der Waals surface area contributed by atoms with Crippen molar-refractivity contribution in [3.8, 4) is 0 Å². The van der Waals surface area contributed by atoms with E-state index in [1.165, 1.54) is 12.1 Å². The van der Waals surface area contributed by atoms with E-state index in [-0.39, 0.29) is 18.2 Å². The van der Waals surface area contributed by atoms with Gasteiger partial charge in [-0.1, -0.05) is 29.8 Å². The topological polar surface area (TPSA) is 71.0 Å². The van der Waals surface area contributed by atoms with Gasteiger partial charge in [0.05, 0.1) is 18.1 Å². The Kier molecular flexibility index (Phi) is 5.04. The largest absolute Gasteiger partial charge is 0.461 e. The highest BCUT2D eigenvalue weighted by molar-refractivity contribution is 6.41. The molecule has 0 aliphatic carbocycles. The van der Waals surface area contributed by atoms with Crippen LogP contribution in [0.2, 0.25) is 5.02 Å². The van der Waals surface area contributed by atoms with E-state index in [0.29, 0.717) is 21.8 Å². The van der Waals surface area contributed by atoms with Gasteiger partial charge in [0.1, 0.15) is 5.82 Å². The van der Waals surface area contributed by atoms with E-state index in [9.17, 15) is 14.0 Å². The molecular weight excluding hydrogens is 421 g/mol. The fourth-order valence-corrected chi connectivity index (χ4v) is 4.62. The van der Waals surface area contributed by atoms with Crippen LogP contribution in [0.4, 0.5) is 10.1 Å². The van der Waals surface area contributed by atoms with E-state index in [2.05, 4.69) is 10.4 Å². The van der Waals surface area contributed by atoms with Crippen molar-refractivity contribution in [2.45, 2.75) is 44.7 Å². The maximum atomic E-state index is 13.7. The summed E-state index contributed by atoms with van der Waals surface area (Å²) in [7, 11) is 0. The highest BCUT2D eigenvalue weighted by Gasteiger charge is 2.65. The number of amides is 1. The number of anilines is 1. The maximum absolute atomic E-state index is 13.7. The number of carbonyl (C=O) groups excluding carboxylic acids is 2. The van der Waals surface area contributed by atoms with Crippen LogP contribution in [-0.2, 0) is 19.9 Å². The summed E-state index contributed by atoms with van der Waals surface area (Å²) < 4.78 is 19.0. The van der Waals surface area contributed by atoms with E-state index in [0.717, 1.165) is 0 Å². The van der Waals surface area contributed by atoms with E-state index >= 15 is 0 Å². The number of benzene rings is 2. The Labute approximate surface area is 185 Å². The van der Waals surface area contributed by atoms with E-state index in [1.54, 1.807) is 42.3 Å². The summed E-state index contributed by atoms with van der Waals surface area (Å²) in [5, 5.41) is 9.70. The molecule has 31 heavy (non-hydrogen) atoms. The number of nitrogens with zero attached hydrogens (tertiary/aromatic N) is 2. The predicted octanol–water partition coefficient (Wildman–Crippen LogP) is 4.44. The van der Waals surface area contributed by atoms with Gasteiger partial charge in [-0.05, 0) is 57.5 Å². The fraction of sp³-hybridized carbons (Fsp3) is 0.348. The lowest BCUT2D eigenvalue weighted by Gasteiger charge is -2.44. The average molecular weight is 444 g/mol. The van der Waals surface area contributed by atoms with Crippen LogP contribution < -0.4 is 5.32 Å². The number of fused-ring (bicyclic) bond motifs is 2. The van der Waals surface area contributed by atoms with Gasteiger partial charge in [0.15, 0.2) is 11.3 Å². The molecule has 2 heterocycles. The van der Waals surface area contributed by atoms with Crippen LogP contribution in [0.5, 0.6) is 0 Å². The Balaban J connectivity index is 2.04. The van der Waals surface area contributed by atoms with Gasteiger partial charge in [0.25, 0.3) is 5.91 Å². The van der Waals surface area contributed by atoms with Crippen molar-refractivity contribution in [3.05, 3.63) is 64.4 Å². The third-order valence-electron chi connectivity index (χ3n) is 5.54. The third kappa shape index (κ3) is 3.19. The second kappa shape index (κ2) is 7.34. The molecule has 2 aliphatic rings. The second-order valence-corrected chi connectivity index (χ2v) is 9.02. The lowest BCUT2D eigenvalue weighted by atomic mass is 9.72. The Bertz CT molecular complexity index is 1090. The molecule has 1 amide bonds. The summed E-state index contributed by atoms with van der Waals surface area (Å²) >= 11 is 6.17. The van der Waals surface area contributed by atoms with Crippen LogP contribution in [0.3, 0.4) is 0 Å². The lowest BCUT2D eigenvalue weighted by molar-refractivity contribution is -0.135. The maximum Gasteiger partial charge on any atom is 0.355 e. The molecule has 0 fully saturated rings. The van der Waals surface area contributed by atoms with Crippen molar-refractivity contribution in [1.82, 2.24) is 5.01 Å². The molecule has 0 bridgehead atoms. The predicted molar refractivity (Wildman–Crippen MR) is 117 cm³/mol. The minimum atomic E-state index is -1.36. The number of esters is 1. The molecule has 0 saturated carbocycles.